The van der Waals surface area contributed by atoms with Crippen molar-refractivity contribution in [3.05, 3.63) is 18.7 Å². The predicted molar refractivity (Wildman–Crippen MR) is 75.1 cm³/mol. The van der Waals surface area contributed by atoms with E-state index in [0.29, 0.717) is 6.54 Å². The summed E-state index contributed by atoms with van der Waals surface area (Å²) < 4.78 is 1.48. The van der Waals surface area contributed by atoms with E-state index < -0.39 is 0 Å². The highest BCUT2D eigenvalue weighted by molar-refractivity contribution is 5.76. The SMILES string of the molecule is CC1CCCC(CNC(=O)n2ccnc2)(N(C)C)C1. The Morgan fingerprint density at radius 1 is 1.58 bits per heavy atom. The van der Waals surface area contributed by atoms with Crippen molar-refractivity contribution in [3.63, 3.8) is 0 Å². The number of hydrogen-bond donors (Lipinski definition) is 1. The average Bonchev–Trinajstić information content (AvgIpc) is 2.89. The fourth-order valence-corrected chi connectivity index (χ4v) is 3.07. The molecule has 1 aliphatic rings. The van der Waals surface area contributed by atoms with Crippen molar-refractivity contribution in [1.82, 2.24) is 19.8 Å². The second-order valence-corrected chi connectivity index (χ2v) is 5.95. The quantitative estimate of drug-likeness (QED) is 0.908. The Bertz CT molecular complexity index is 415. The number of carbonyl (C=O) groups excluding carboxylic acids is 1. The van der Waals surface area contributed by atoms with E-state index in [0.717, 1.165) is 18.8 Å². The molecule has 1 aliphatic carbocycles. The van der Waals surface area contributed by atoms with Crippen molar-refractivity contribution in [1.29, 1.82) is 0 Å². The van der Waals surface area contributed by atoms with Crippen molar-refractivity contribution >= 4 is 6.03 Å². The monoisotopic (exact) mass is 264 g/mol. The lowest BCUT2D eigenvalue weighted by Crippen LogP contribution is -2.55. The van der Waals surface area contributed by atoms with Gasteiger partial charge in [0, 0.05) is 24.5 Å². The van der Waals surface area contributed by atoms with Gasteiger partial charge >= 0.3 is 6.03 Å². The van der Waals surface area contributed by atoms with Crippen molar-refractivity contribution < 1.29 is 4.79 Å². The minimum Gasteiger partial charge on any atom is -0.336 e. The zero-order valence-electron chi connectivity index (χ0n) is 12.1. The van der Waals surface area contributed by atoms with Gasteiger partial charge < -0.3 is 10.2 Å². The standard InChI is InChI=1S/C14H24N4O/c1-12-5-4-6-14(9-12,17(2)3)10-16-13(19)18-8-7-15-11-18/h7-8,11-12H,4-6,9-10H2,1-3H3,(H,16,19). The predicted octanol–water partition coefficient (Wildman–Crippen LogP) is 1.95. The lowest BCUT2D eigenvalue weighted by molar-refractivity contribution is 0.0774. The van der Waals surface area contributed by atoms with Gasteiger partial charge in [0.15, 0.2) is 0 Å². The molecule has 1 saturated carbocycles. The summed E-state index contributed by atoms with van der Waals surface area (Å²) in [5, 5.41) is 3.04. The Hall–Kier alpha value is -1.36. The molecular formula is C14H24N4O. The second-order valence-electron chi connectivity index (χ2n) is 5.95. The van der Waals surface area contributed by atoms with Gasteiger partial charge in [-0.05, 0) is 32.9 Å². The molecule has 0 saturated heterocycles. The number of aromatic nitrogens is 2. The van der Waals surface area contributed by atoms with Gasteiger partial charge in [0.2, 0.25) is 0 Å². The van der Waals surface area contributed by atoms with E-state index in [1.165, 1.54) is 23.7 Å². The maximum Gasteiger partial charge on any atom is 0.326 e. The summed E-state index contributed by atoms with van der Waals surface area (Å²) in [6.07, 6.45) is 9.64. The van der Waals surface area contributed by atoms with E-state index in [1.54, 1.807) is 12.4 Å². The van der Waals surface area contributed by atoms with Crippen LogP contribution in [0.5, 0.6) is 0 Å². The van der Waals surface area contributed by atoms with Crippen LogP contribution in [0.15, 0.2) is 18.7 Å². The number of nitrogens with zero attached hydrogens (tertiary/aromatic N) is 3. The molecule has 2 rings (SSSR count). The molecule has 106 valence electrons. The van der Waals surface area contributed by atoms with Gasteiger partial charge in [-0.15, -0.1) is 0 Å². The first kappa shape index (κ1) is 14.1. The fourth-order valence-electron chi connectivity index (χ4n) is 3.07. The molecule has 5 heteroatoms. The van der Waals surface area contributed by atoms with Gasteiger partial charge in [0.1, 0.15) is 6.33 Å². The Morgan fingerprint density at radius 3 is 2.95 bits per heavy atom. The van der Waals surface area contributed by atoms with Crippen molar-refractivity contribution in [2.45, 2.75) is 38.1 Å². The van der Waals surface area contributed by atoms with Crippen LogP contribution in [-0.2, 0) is 0 Å². The molecule has 19 heavy (non-hydrogen) atoms. The maximum atomic E-state index is 12.0. The van der Waals surface area contributed by atoms with Crippen LogP contribution in [0.1, 0.15) is 32.6 Å². The van der Waals surface area contributed by atoms with Gasteiger partial charge in [0.05, 0.1) is 0 Å². The smallest absolute Gasteiger partial charge is 0.326 e. The van der Waals surface area contributed by atoms with Crippen LogP contribution >= 0.6 is 0 Å². The number of rotatable bonds is 3. The summed E-state index contributed by atoms with van der Waals surface area (Å²) in [7, 11) is 4.23. The van der Waals surface area contributed by atoms with E-state index in [9.17, 15) is 4.79 Å². The Kier molecular flexibility index (Phi) is 4.24. The molecule has 1 N–H and O–H groups in total. The van der Waals surface area contributed by atoms with E-state index in [2.05, 4.69) is 36.2 Å². The summed E-state index contributed by atoms with van der Waals surface area (Å²) in [5.74, 6) is 0.723. The van der Waals surface area contributed by atoms with Gasteiger partial charge in [0.25, 0.3) is 0 Å². The molecule has 1 heterocycles. The van der Waals surface area contributed by atoms with Gasteiger partial charge in [-0.3, -0.25) is 4.57 Å². The first-order valence-electron chi connectivity index (χ1n) is 6.97. The molecule has 0 spiro atoms. The second kappa shape index (κ2) is 5.74. The molecule has 0 aliphatic heterocycles. The number of carbonyl (C=O) groups is 1. The van der Waals surface area contributed by atoms with E-state index in [-0.39, 0.29) is 11.6 Å². The maximum absolute atomic E-state index is 12.0. The summed E-state index contributed by atoms with van der Waals surface area (Å²) in [5.41, 5.74) is 0.0912. The van der Waals surface area contributed by atoms with Gasteiger partial charge in [-0.2, -0.15) is 0 Å². The van der Waals surface area contributed by atoms with E-state index in [1.807, 2.05) is 0 Å². The Balaban J connectivity index is 1.99. The number of likely N-dealkylation sites (N-methyl/N-ethyl adjacent to an activating group) is 1. The van der Waals surface area contributed by atoms with Crippen LogP contribution in [0.25, 0.3) is 0 Å². The third-order valence-corrected chi connectivity index (χ3v) is 4.32. The van der Waals surface area contributed by atoms with Crippen LogP contribution in [0, 0.1) is 5.92 Å². The largest absolute Gasteiger partial charge is 0.336 e. The number of hydrogen-bond acceptors (Lipinski definition) is 3. The molecule has 2 atom stereocenters. The molecule has 0 radical (unpaired) electrons. The lowest BCUT2D eigenvalue weighted by atomic mass is 9.75. The molecule has 1 amide bonds. The molecule has 0 aromatic carbocycles. The topological polar surface area (TPSA) is 50.2 Å². The van der Waals surface area contributed by atoms with Crippen LogP contribution in [0.2, 0.25) is 0 Å². The lowest BCUT2D eigenvalue weighted by Gasteiger charge is -2.45. The van der Waals surface area contributed by atoms with Crippen molar-refractivity contribution in [2.24, 2.45) is 5.92 Å². The highest BCUT2D eigenvalue weighted by atomic mass is 16.2. The average molecular weight is 264 g/mol. The Morgan fingerprint density at radius 2 is 2.37 bits per heavy atom. The third kappa shape index (κ3) is 3.15. The summed E-state index contributed by atoms with van der Waals surface area (Å²) in [4.78, 5) is 18.2. The van der Waals surface area contributed by atoms with Crippen LogP contribution < -0.4 is 5.32 Å². The first-order valence-corrected chi connectivity index (χ1v) is 6.97. The number of imidazole rings is 1. The minimum atomic E-state index is -0.100. The zero-order chi connectivity index (χ0) is 13.9. The highest BCUT2D eigenvalue weighted by Gasteiger charge is 2.37. The molecule has 5 nitrogen and oxygen atoms in total. The normalized spacial score (nSPS) is 27.5. The van der Waals surface area contributed by atoms with Crippen molar-refractivity contribution in [3.8, 4) is 0 Å². The van der Waals surface area contributed by atoms with E-state index in [4.69, 9.17) is 0 Å². The highest BCUT2D eigenvalue weighted by Crippen LogP contribution is 2.35. The van der Waals surface area contributed by atoms with Crippen LogP contribution in [0.4, 0.5) is 4.79 Å². The molecule has 1 aromatic rings. The summed E-state index contributed by atoms with van der Waals surface area (Å²) in [6, 6.07) is -0.100. The molecule has 2 unspecified atom stereocenters. The van der Waals surface area contributed by atoms with Crippen LogP contribution in [0.3, 0.4) is 0 Å². The van der Waals surface area contributed by atoms with Crippen molar-refractivity contribution in [2.75, 3.05) is 20.6 Å². The zero-order valence-corrected chi connectivity index (χ0v) is 12.1. The number of nitrogens with one attached hydrogen (secondary N) is 1. The first-order chi connectivity index (χ1) is 9.03. The van der Waals surface area contributed by atoms with Crippen LogP contribution in [-0.4, -0.2) is 46.7 Å². The molecule has 1 aromatic heterocycles. The summed E-state index contributed by atoms with van der Waals surface area (Å²) in [6.45, 7) is 3.00. The van der Waals surface area contributed by atoms with Gasteiger partial charge in [-0.25, -0.2) is 9.78 Å². The summed E-state index contributed by atoms with van der Waals surface area (Å²) >= 11 is 0. The molecular weight excluding hydrogens is 240 g/mol. The van der Waals surface area contributed by atoms with Gasteiger partial charge in [-0.1, -0.05) is 19.8 Å². The minimum absolute atomic E-state index is 0.0912. The molecule has 1 fully saturated rings. The fraction of sp³-hybridized carbons (Fsp3) is 0.714. The van der Waals surface area contributed by atoms with E-state index >= 15 is 0 Å². The Labute approximate surface area is 115 Å². The number of amides is 1. The molecule has 0 bridgehead atoms. The third-order valence-electron chi connectivity index (χ3n) is 4.32.